The molecule has 0 unspecified atom stereocenters. The second kappa shape index (κ2) is 5.80. The van der Waals surface area contributed by atoms with Crippen molar-refractivity contribution in [3.63, 3.8) is 0 Å². The predicted molar refractivity (Wildman–Crippen MR) is 81.2 cm³/mol. The van der Waals surface area contributed by atoms with E-state index in [1.165, 1.54) is 30.3 Å². The number of carboxylic acids is 1. The minimum atomic E-state index is -1.19. The van der Waals surface area contributed by atoms with Gasteiger partial charge in [0.2, 0.25) is 6.79 Å². The molecule has 0 saturated heterocycles. The molecular weight excluding hydrogens is 302 g/mol. The SMILES string of the molecule is O=C(O)/C(=C/c1ccccc1[N+](=O)[O-])c1ccc2c(c1)OCO2. The third-order valence-corrected chi connectivity index (χ3v) is 3.35. The molecule has 1 aliphatic rings. The van der Waals surface area contributed by atoms with E-state index in [4.69, 9.17) is 9.47 Å². The van der Waals surface area contributed by atoms with Crippen molar-refractivity contribution in [3.8, 4) is 11.5 Å². The van der Waals surface area contributed by atoms with Crippen LogP contribution in [-0.4, -0.2) is 22.8 Å². The van der Waals surface area contributed by atoms with Gasteiger partial charge < -0.3 is 14.6 Å². The van der Waals surface area contributed by atoms with Gasteiger partial charge in [-0.3, -0.25) is 10.1 Å². The summed E-state index contributed by atoms with van der Waals surface area (Å²) in [6.07, 6.45) is 1.28. The summed E-state index contributed by atoms with van der Waals surface area (Å²) in [4.78, 5) is 22.1. The maximum Gasteiger partial charge on any atom is 0.336 e. The summed E-state index contributed by atoms with van der Waals surface area (Å²) >= 11 is 0. The van der Waals surface area contributed by atoms with Crippen molar-refractivity contribution in [3.05, 3.63) is 63.7 Å². The van der Waals surface area contributed by atoms with E-state index in [1.54, 1.807) is 18.2 Å². The van der Waals surface area contributed by atoms with Crippen LogP contribution < -0.4 is 9.47 Å². The molecule has 0 aromatic heterocycles. The average molecular weight is 313 g/mol. The van der Waals surface area contributed by atoms with Crippen molar-refractivity contribution in [2.45, 2.75) is 0 Å². The van der Waals surface area contributed by atoms with Gasteiger partial charge in [0, 0.05) is 6.07 Å². The van der Waals surface area contributed by atoms with Crippen molar-refractivity contribution in [1.82, 2.24) is 0 Å². The third kappa shape index (κ3) is 2.84. The number of carboxylic acid groups (broad SMARTS) is 1. The van der Waals surface area contributed by atoms with Gasteiger partial charge in [0.15, 0.2) is 11.5 Å². The highest BCUT2D eigenvalue weighted by Gasteiger charge is 2.19. The number of nitro benzene ring substituents is 1. The summed E-state index contributed by atoms with van der Waals surface area (Å²) < 4.78 is 10.4. The molecule has 0 atom stereocenters. The first kappa shape index (κ1) is 14.6. The van der Waals surface area contributed by atoms with Gasteiger partial charge >= 0.3 is 5.97 Å². The zero-order valence-electron chi connectivity index (χ0n) is 11.8. The molecule has 0 spiro atoms. The number of hydrogen-bond acceptors (Lipinski definition) is 5. The third-order valence-electron chi connectivity index (χ3n) is 3.35. The number of aliphatic carboxylic acids is 1. The highest BCUT2D eigenvalue weighted by atomic mass is 16.7. The largest absolute Gasteiger partial charge is 0.478 e. The summed E-state index contributed by atoms with van der Waals surface area (Å²) in [5, 5.41) is 20.5. The average Bonchev–Trinajstić information content (AvgIpc) is 3.00. The number of rotatable bonds is 4. The molecular formula is C16H11NO6. The summed E-state index contributed by atoms with van der Waals surface area (Å²) in [6.45, 7) is 0.0784. The molecule has 116 valence electrons. The van der Waals surface area contributed by atoms with E-state index in [0.29, 0.717) is 17.1 Å². The van der Waals surface area contributed by atoms with Crippen molar-refractivity contribution >= 4 is 23.3 Å². The Morgan fingerprint density at radius 3 is 2.65 bits per heavy atom. The van der Waals surface area contributed by atoms with Gasteiger partial charge in [-0.15, -0.1) is 0 Å². The number of nitrogens with zero attached hydrogens (tertiary/aromatic N) is 1. The van der Waals surface area contributed by atoms with Crippen LogP contribution in [0.15, 0.2) is 42.5 Å². The van der Waals surface area contributed by atoms with Crippen LogP contribution in [0.3, 0.4) is 0 Å². The molecule has 1 N–H and O–H groups in total. The number of nitro groups is 1. The van der Waals surface area contributed by atoms with Gasteiger partial charge in [-0.2, -0.15) is 0 Å². The van der Waals surface area contributed by atoms with Gasteiger partial charge in [0.1, 0.15) is 0 Å². The van der Waals surface area contributed by atoms with Crippen LogP contribution in [0.5, 0.6) is 11.5 Å². The number of carbonyl (C=O) groups is 1. The highest BCUT2D eigenvalue weighted by Crippen LogP contribution is 2.35. The van der Waals surface area contributed by atoms with Crippen molar-refractivity contribution in [2.75, 3.05) is 6.79 Å². The van der Waals surface area contributed by atoms with Crippen LogP contribution in [0, 0.1) is 10.1 Å². The molecule has 2 aromatic rings. The minimum Gasteiger partial charge on any atom is -0.478 e. The Labute approximate surface area is 130 Å². The van der Waals surface area contributed by atoms with Gasteiger partial charge in [0.05, 0.1) is 16.1 Å². The lowest BCUT2D eigenvalue weighted by Crippen LogP contribution is -2.00. The first-order valence-corrected chi connectivity index (χ1v) is 6.64. The molecule has 7 nitrogen and oxygen atoms in total. The number of hydrogen-bond donors (Lipinski definition) is 1. The summed E-state index contributed by atoms with van der Waals surface area (Å²) in [5.74, 6) is -0.219. The van der Waals surface area contributed by atoms with Crippen LogP contribution in [0.25, 0.3) is 11.6 Å². The minimum absolute atomic E-state index is 0.0717. The number of ether oxygens (including phenoxy) is 2. The zero-order valence-corrected chi connectivity index (χ0v) is 11.8. The summed E-state index contributed by atoms with van der Waals surface area (Å²) in [6, 6.07) is 10.7. The fourth-order valence-corrected chi connectivity index (χ4v) is 2.26. The van der Waals surface area contributed by atoms with Crippen LogP contribution in [0.2, 0.25) is 0 Å². The molecule has 1 heterocycles. The van der Waals surface area contributed by atoms with E-state index in [-0.39, 0.29) is 23.6 Å². The van der Waals surface area contributed by atoms with Gasteiger partial charge in [-0.1, -0.05) is 18.2 Å². The van der Waals surface area contributed by atoms with Gasteiger partial charge in [0.25, 0.3) is 5.69 Å². The van der Waals surface area contributed by atoms with E-state index < -0.39 is 10.9 Å². The molecule has 0 bridgehead atoms. The Hall–Kier alpha value is -3.35. The topological polar surface area (TPSA) is 98.9 Å². The first-order valence-electron chi connectivity index (χ1n) is 6.64. The molecule has 0 fully saturated rings. The Kier molecular flexibility index (Phi) is 3.68. The second-order valence-corrected chi connectivity index (χ2v) is 4.75. The zero-order chi connectivity index (χ0) is 16.4. The molecule has 23 heavy (non-hydrogen) atoms. The molecule has 0 amide bonds. The standard InChI is InChI=1S/C16H11NO6/c18-16(19)12(7-11-3-1-2-4-13(11)17(20)21)10-5-6-14-15(8-10)23-9-22-14/h1-8H,9H2,(H,18,19)/b12-7+. The van der Waals surface area contributed by atoms with Crippen LogP contribution in [-0.2, 0) is 4.79 Å². The van der Waals surface area contributed by atoms with E-state index in [9.17, 15) is 20.0 Å². The number of para-hydroxylation sites is 1. The Bertz CT molecular complexity index is 827. The van der Waals surface area contributed by atoms with Gasteiger partial charge in [-0.05, 0) is 29.8 Å². The lowest BCUT2D eigenvalue weighted by molar-refractivity contribution is -0.385. The Morgan fingerprint density at radius 2 is 1.91 bits per heavy atom. The Morgan fingerprint density at radius 1 is 1.17 bits per heavy atom. The normalized spacial score (nSPS) is 13.0. The number of benzene rings is 2. The maximum absolute atomic E-state index is 11.6. The highest BCUT2D eigenvalue weighted by molar-refractivity contribution is 6.21. The van der Waals surface area contributed by atoms with Crippen LogP contribution in [0.1, 0.15) is 11.1 Å². The molecule has 7 heteroatoms. The smallest absolute Gasteiger partial charge is 0.336 e. The van der Waals surface area contributed by atoms with Crippen LogP contribution >= 0.6 is 0 Å². The second-order valence-electron chi connectivity index (χ2n) is 4.75. The van der Waals surface area contributed by atoms with Crippen molar-refractivity contribution in [2.24, 2.45) is 0 Å². The summed E-state index contributed by atoms with van der Waals surface area (Å²) in [7, 11) is 0. The lowest BCUT2D eigenvalue weighted by Gasteiger charge is -2.05. The van der Waals surface area contributed by atoms with Crippen molar-refractivity contribution < 1.29 is 24.3 Å². The van der Waals surface area contributed by atoms with Gasteiger partial charge in [-0.25, -0.2) is 4.79 Å². The summed E-state index contributed by atoms with van der Waals surface area (Å²) in [5.41, 5.74) is 0.358. The molecule has 1 aliphatic heterocycles. The van der Waals surface area contributed by atoms with E-state index in [0.717, 1.165) is 0 Å². The molecule has 0 saturated carbocycles. The van der Waals surface area contributed by atoms with Crippen molar-refractivity contribution in [1.29, 1.82) is 0 Å². The maximum atomic E-state index is 11.6. The molecule has 0 radical (unpaired) electrons. The van der Waals surface area contributed by atoms with Crippen LogP contribution in [0.4, 0.5) is 5.69 Å². The Balaban J connectivity index is 2.10. The first-order chi connectivity index (χ1) is 11.1. The molecule has 3 rings (SSSR count). The van der Waals surface area contributed by atoms with E-state index in [1.807, 2.05) is 0 Å². The van der Waals surface area contributed by atoms with E-state index >= 15 is 0 Å². The monoisotopic (exact) mass is 313 g/mol. The van der Waals surface area contributed by atoms with E-state index in [2.05, 4.69) is 0 Å². The lowest BCUT2D eigenvalue weighted by atomic mass is 10.0. The quantitative estimate of drug-likeness (QED) is 0.403. The predicted octanol–water partition coefficient (Wildman–Crippen LogP) is 2.95. The fraction of sp³-hybridized carbons (Fsp3) is 0.0625. The fourth-order valence-electron chi connectivity index (χ4n) is 2.26. The number of fused-ring (bicyclic) bond motifs is 1. The molecule has 0 aliphatic carbocycles. The molecule has 2 aromatic carbocycles.